The minimum absolute atomic E-state index is 0.196. The topological polar surface area (TPSA) is 66.4 Å². The highest BCUT2D eigenvalue weighted by atomic mass is 79.9. The van der Waals surface area contributed by atoms with Crippen molar-refractivity contribution in [1.82, 2.24) is 5.32 Å². The number of carbonyl (C=O) groups excluding carboxylic acids is 1. The van der Waals surface area contributed by atoms with Crippen LogP contribution in [0.3, 0.4) is 0 Å². The molecular weight excluding hydrogens is 322 g/mol. The third-order valence-corrected chi connectivity index (χ3v) is 4.41. The molecule has 0 spiro atoms. The number of carbonyl (C=O) groups is 2. The Kier molecular flexibility index (Phi) is 4.60. The van der Waals surface area contributed by atoms with E-state index in [4.69, 9.17) is 5.11 Å². The molecule has 1 aliphatic rings. The molecule has 0 atom stereocenters. The molecule has 1 amide bonds. The van der Waals surface area contributed by atoms with Gasteiger partial charge in [0.25, 0.3) is 0 Å². The minimum atomic E-state index is -0.821. The van der Waals surface area contributed by atoms with Crippen LogP contribution in [-0.2, 0) is 9.59 Å². The lowest BCUT2D eigenvalue weighted by Gasteiger charge is -2.37. The first-order chi connectivity index (χ1) is 9.53. The number of carboxylic acids is 1. The van der Waals surface area contributed by atoms with E-state index in [1.807, 2.05) is 24.3 Å². The van der Waals surface area contributed by atoms with Crippen molar-refractivity contribution in [2.24, 2.45) is 5.41 Å². The number of rotatable bonds is 5. The number of carboxylic acid groups (broad SMARTS) is 1. The molecule has 5 heteroatoms. The highest BCUT2D eigenvalue weighted by molar-refractivity contribution is 9.10. The maximum absolute atomic E-state index is 11.7. The Morgan fingerprint density at radius 3 is 2.60 bits per heavy atom. The zero-order valence-electron chi connectivity index (χ0n) is 10.9. The van der Waals surface area contributed by atoms with Gasteiger partial charge in [-0.2, -0.15) is 0 Å². The van der Waals surface area contributed by atoms with Gasteiger partial charge >= 0.3 is 5.97 Å². The monoisotopic (exact) mass is 337 g/mol. The van der Waals surface area contributed by atoms with Gasteiger partial charge in [0, 0.05) is 17.1 Å². The Morgan fingerprint density at radius 1 is 1.35 bits per heavy atom. The second kappa shape index (κ2) is 6.22. The van der Waals surface area contributed by atoms with Crippen molar-refractivity contribution in [2.75, 3.05) is 6.54 Å². The summed E-state index contributed by atoms with van der Waals surface area (Å²) in [6.07, 6.45) is 5.31. The second-order valence-corrected chi connectivity index (χ2v) is 5.87. The van der Waals surface area contributed by atoms with E-state index in [1.54, 1.807) is 6.08 Å². The summed E-state index contributed by atoms with van der Waals surface area (Å²) in [5.74, 6) is -1.09. The number of benzene rings is 1. The van der Waals surface area contributed by atoms with Crippen LogP contribution in [0.4, 0.5) is 0 Å². The fraction of sp³-hybridized carbons (Fsp3) is 0.333. The van der Waals surface area contributed by atoms with Crippen LogP contribution in [0, 0.1) is 5.41 Å². The molecule has 1 fully saturated rings. The first-order valence-corrected chi connectivity index (χ1v) is 7.27. The molecule has 0 bridgehead atoms. The van der Waals surface area contributed by atoms with Crippen molar-refractivity contribution in [2.45, 2.75) is 19.3 Å². The number of amides is 1. The molecule has 1 saturated carbocycles. The molecule has 0 heterocycles. The first kappa shape index (κ1) is 14.8. The van der Waals surface area contributed by atoms with E-state index in [-0.39, 0.29) is 12.5 Å². The molecule has 1 aromatic rings. The minimum Gasteiger partial charge on any atom is -0.481 e. The van der Waals surface area contributed by atoms with Gasteiger partial charge in [-0.3, -0.25) is 9.59 Å². The summed E-state index contributed by atoms with van der Waals surface area (Å²) < 4.78 is 0.907. The van der Waals surface area contributed by atoms with E-state index in [1.165, 1.54) is 6.08 Å². The van der Waals surface area contributed by atoms with E-state index in [2.05, 4.69) is 21.2 Å². The predicted octanol–water partition coefficient (Wildman–Crippen LogP) is 2.83. The van der Waals surface area contributed by atoms with Gasteiger partial charge in [0.1, 0.15) is 0 Å². The summed E-state index contributed by atoms with van der Waals surface area (Å²) in [7, 11) is 0. The van der Waals surface area contributed by atoms with Crippen LogP contribution in [-0.4, -0.2) is 23.5 Å². The largest absolute Gasteiger partial charge is 0.481 e. The summed E-state index contributed by atoms with van der Waals surface area (Å²) in [4.78, 5) is 22.9. The third kappa shape index (κ3) is 3.28. The molecule has 0 aromatic heterocycles. The van der Waals surface area contributed by atoms with Crippen LogP contribution in [0.5, 0.6) is 0 Å². The van der Waals surface area contributed by atoms with Crippen LogP contribution in [0.1, 0.15) is 24.8 Å². The number of halogens is 1. The normalized spacial score (nSPS) is 16.6. The van der Waals surface area contributed by atoms with E-state index >= 15 is 0 Å². The van der Waals surface area contributed by atoms with Gasteiger partial charge in [-0.1, -0.05) is 40.5 Å². The van der Waals surface area contributed by atoms with Crippen molar-refractivity contribution in [3.63, 3.8) is 0 Å². The van der Waals surface area contributed by atoms with Crippen molar-refractivity contribution in [1.29, 1.82) is 0 Å². The zero-order chi connectivity index (χ0) is 14.6. The van der Waals surface area contributed by atoms with E-state index in [9.17, 15) is 9.59 Å². The number of hydrogen-bond donors (Lipinski definition) is 2. The quantitative estimate of drug-likeness (QED) is 0.812. The van der Waals surface area contributed by atoms with Gasteiger partial charge in [-0.05, 0) is 30.5 Å². The average molecular weight is 338 g/mol. The third-order valence-electron chi connectivity index (χ3n) is 3.68. The van der Waals surface area contributed by atoms with Gasteiger partial charge in [-0.25, -0.2) is 0 Å². The molecule has 2 N–H and O–H groups in total. The molecule has 106 valence electrons. The van der Waals surface area contributed by atoms with Gasteiger partial charge in [-0.15, -0.1) is 0 Å². The van der Waals surface area contributed by atoms with E-state index in [0.717, 1.165) is 16.5 Å². The number of aliphatic carboxylic acids is 1. The molecule has 2 rings (SSSR count). The SMILES string of the molecule is O=C(/C=C/c1ccccc1Br)NCC1(C(=O)O)CCC1. The Labute approximate surface area is 126 Å². The van der Waals surface area contributed by atoms with Gasteiger partial charge < -0.3 is 10.4 Å². The Balaban J connectivity index is 1.90. The standard InChI is InChI=1S/C15H16BrNO3/c16-12-5-2-1-4-11(12)6-7-13(18)17-10-15(14(19)20)8-3-9-15/h1-2,4-7H,3,8-10H2,(H,17,18)(H,19,20)/b7-6+. The molecule has 20 heavy (non-hydrogen) atoms. The van der Waals surface area contributed by atoms with Crippen LogP contribution >= 0.6 is 15.9 Å². The molecule has 4 nitrogen and oxygen atoms in total. The summed E-state index contributed by atoms with van der Waals surface area (Å²) in [6, 6.07) is 7.56. The Morgan fingerprint density at radius 2 is 2.05 bits per heavy atom. The Hall–Kier alpha value is -1.62. The number of nitrogens with one attached hydrogen (secondary N) is 1. The highest BCUT2D eigenvalue weighted by Gasteiger charge is 2.44. The zero-order valence-corrected chi connectivity index (χ0v) is 12.5. The predicted molar refractivity (Wildman–Crippen MR) is 80.1 cm³/mol. The molecule has 0 saturated heterocycles. The van der Waals surface area contributed by atoms with Crippen LogP contribution in [0.2, 0.25) is 0 Å². The van der Waals surface area contributed by atoms with Crippen LogP contribution < -0.4 is 5.32 Å². The van der Waals surface area contributed by atoms with E-state index in [0.29, 0.717) is 12.8 Å². The second-order valence-electron chi connectivity index (χ2n) is 5.01. The molecule has 1 aliphatic carbocycles. The lowest BCUT2D eigenvalue weighted by Crippen LogP contribution is -2.47. The molecule has 0 aliphatic heterocycles. The molecule has 1 aromatic carbocycles. The van der Waals surface area contributed by atoms with Gasteiger partial charge in [0.05, 0.1) is 5.41 Å². The van der Waals surface area contributed by atoms with Crippen molar-refractivity contribution in [3.05, 3.63) is 40.4 Å². The first-order valence-electron chi connectivity index (χ1n) is 6.47. The average Bonchev–Trinajstić information content (AvgIpc) is 2.36. The van der Waals surface area contributed by atoms with Crippen molar-refractivity contribution >= 4 is 33.9 Å². The lowest BCUT2D eigenvalue weighted by molar-refractivity contribution is -0.154. The number of hydrogen-bond acceptors (Lipinski definition) is 2. The van der Waals surface area contributed by atoms with Gasteiger partial charge in [0.15, 0.2) is 0 Å². The van der Waals surface area contributed by atoms with Crippen LogP contribution in [0.15, 0.2) is 34.8 Å². The maximum Gasteiger partial charge on any atom is 0.311 e. The maximum atomic E-state index is 11.7. The fourth-order valence-corrected chi connectivity index (χ4v) is 2.58. The van der Waals surface area contributed by atoms with Crippen LogP contribution in [0.25, 0.3) is 6.08 Å². The van der Waals surface area contributed by atoms with E-state index < -0.39 is 11.4 Å². The summed E-state index contributed by atoms with van der Waals surface area (Å²) in [5.41, 5.74) is 0.149. The van der Waals surface area contributed by atoms with Crippen molar-refractivity contribution in [3.8, 4) is 0 Å². The summed E-state index contributed by atoms with van der Waals surface area (Å²) in [5, 5.41) is 11.8. The highest BCUT2D eigenvalue weighted by Crippen LogP contribution is 2.40. The molecule has 0 radical (unpaired) electrons. The summed E-state index contributed by atoms with van der Waals surface area (Å²) >= 11 is 3.40. The smallest absolute Gasteiger partial charge is 0.311 e. The lowest BCUT2D eigenvalue weighted by atomic mass is 9.69. The molecule has 0 unspecified atom stereocenters. The fourth-order valence-electron chi connectivity index (χ4n) is 2.16. The van der Waals surface area contributed by atoms with Crippen molar-refractivity contribution < 1.29 is 14.7 Å². The van der Waals surface area contributed by atoms with Gasteiger partial charge in [0.2, 0.25) is 5.91 Å². The summed E-state index contributed by atoms with van der Waals surface area (Å²) in [6.45, 7) is 0.196. The molecular formula is C15H16BrNO3. The Bertz CT molecular complexity index is 550.